The van der Waals surface area contributed by atoms with Gasteiger partial charge in [0.05, 0.1) is 6.61 Å². The lowest BCUT2D eigenvalue weighted by Crippen LogP contribution is -2.03. The SMILES string of the molecule is CCCCCc1ccc(OCC2CO2)cc1. The number of hydrogen-bond donors (Lipinski definition) is 0. The van der Waals surface area contributed by atoms with Crippen molar-refractivity contribution in [2.24, 2.45) is 0 Å². The molecule has 2 heteroatoms. The van der Waals surface area contributed by atoms with Crippen molar-refractivity contribution in [3.05, 3.63) is 29.8 Å². The third-order valence-electron chi connectivity index (χ3n) is 2.83. The largest absolute Gasteiger partial charge is 0.491 e. The summed E-state index contributed by atoms with van der Waals surface area (Å²) in [5, 5.41) is 0. The molecule has 1 aromatic rings. The quantitative estimate of drug-likeness (QED) is 0.520. The van der Waals surface area contributed by atoms with E-state index in [1.165, 1.54) is 31.2 Å². The Morgan fingerprint density at radius 2 is 2.00 bits per heavy atom. The predicted octanol–water partition coefficient (Wildman–Crippen LogP) is 3.20. The Bertz CT molecular complexity index is 301. The molecule has 0 radical (unpaired) electrons. The summed E-state index contributed by atoms with van der Waals surface area (Å²) in [5.74, 6) is 0.953. The van der Waals surface area contributed by atoms with E-state index in [1.54, 1.807) is 0 Å². The molecule has 1 heterocycles. The molecule has 2 rings (SSSR count). The van der Waals surface area contributed by atoms with Crippen LogP contribution >= 0.6 is 0 Å². The maximum Gasteiger partial charge on any atom is 0.119 e. The monoisotopic (exact) mass is 220 g/mol. The number of ether oxygens (including phenoxy) is 2. The van der Waals surface area contributed by atoms with E-state index < -0.39 is 0 Å². The van der Waals surface area contributed by atoms with Crippen LogP contribution in [-0.2, 0) is 11.2 Å². The maximum atomic E-state index is 5.59. The molecule has 0 bridgehead atoms. The van der Waals surface area contributed by atoms with E-state index in [0.29, 0.717) is 12.7 Å². The van der Waals surface area contributed by atoms with Gasteiger partial charge in [-0.3, -0.25) is 0 Å². The van der Waals surface area contributed by atoms with E-state index >= 15 is 0 Å². The Balaban J connectivity index is 1.74. The van der Waals surface area contributed by atoms with Crippen molar-refractivity contribution in [1.82, 2.24) is 0 Å². The van der Waals surface area contributed by atoms with E-state index in [2.05, 4.69) is 31.2 Å². The van der Waals surface area contributed by atoms with Crippen LogP contribution in [0.25, 0.3) is 0 Å². The highest BCUT2D eigenvalue weighted by Gasteiger charge is 2.22. The van der Waals surface area contributed by atoms with Crippen LogP contribution in [0.1, 0.15) is 31.7 Å². The van der Waals surface area contributed by atoms with Gasteiger partial charge in [-0.15, -0.1) is 0 Å². The summed E-state index contributed by atoms with van der Waals surface area (Å²) in [4.78, 5) is 0. The highest BCUT2D eigenvalue weighted by atomic mass is 16.6. The molecule has 0 aliphatic carbocycles. The maximum absolute atomic E-state index is 5.59. The van der Waals surface area contributed by atoms with Crippen molar-refractivity contribution in [3.8, 4) is 5.75 Å². The number of unbranched alkanes of at least 4 members (excludes halogenated alkanes) is 2. The van der Waals surface area contributed by atoms with Crippen LogP contribution in [0.5, 0.6) is 5.75 Å². The Labute approximate surface area is 97.6 Å². The number of rotatable bonds is 7. The van der Waals surface area contributed by atoms with Crippen LogP contribution in [0.15, 0.2) is 24.3 Å². The third-order valence-corrected chi connectivity index (χ3v) is 2.83. The summed E-state index contributed by atoms with van der Waals surface area (Å²) in [6.45, 7) is 3.78. The van der Waals surface area contributed by atoms with Gasteiger partial charge in [-0.2, -0.15) is 0 Å². The summed E-state index contributed by atoms with van der Waals surface area (Å²) < 4.78 is 10.7. The molecule has 0 amide bonds. The zero-order valence-corrected chi connectivity index (χ0v) is 9.95. The van der Waals surface area contributed by atoms with Crippen molar-refractivity contribution in [1.29, 1.82) is 0 Å². The first-order valence-electron chi connectivity index (χ1n) is 6.22. The van der Waals surface area contributed by atoms with Gasteiger partial charge in [0.2, 0.25) is 0 Å². The molecule has 0 aromatic heterocycles. The molecule has 1 saturated heterocycles. The summed E-state index contributed by atoms with van der Waals surface area (Å²) in [7, 11) is 0. The summed E-state index contributed by atoms with van der Waals surface area (Å²) in [6, 6.07) is 8.45. The van der Waals surface area contributed by atoms with E-state index in [1.807, 2.05) is 0 Å². The number of aryl methyl sites for hydroxylation is 1. The Morgan fingerprint density at radius 1 is 1.25 bits per heavy atom. The third kappa shape index (κ3) is 3.86. The zero-order valence-electron chi connectivity index (χ0n) is 9.95. The summed E-state index contributed by atoms with van der Waals surface area (Å²) >= 11 is 0. The van der Waals surface area contributed by atoms with E-state index in [4.69, 9.17) is 9.47 Å². The van der Waals surface area contributed by atoms with Crippen LogP contribution in [0.2, 0.25) is 0 Å². The molecular weight excluding hydrogens is 200 g/mol. The predicted molar refractivity (Wildman–Crippen MR) is 64.9 cm³/mol. The molecule has 0 N–H and O–H groups in total. The lowest BCUT2D eigenvalue weighted by Gasteiger charge is -2.05. The molecule has 1 aliphatic heterocycles. The fraction of sp³-hybridized carbons (Fsp3) is 0.571. The number of hydrogen-bond acceptors (Lipinski definition) is 2. The molecule has 0 saturated carbocycles. The molecule has 88 valence electrons. The minimum atomic E-state index is 0.337. The highest BCUT2D eigenvalue weighted by Crippen LogP contribution is 2.16. The molecule has 1 aromatic carbocycles. The fourth-order valence-electron chi connectivity index (χ4n) is 1.68. The van der Waals surface area contributed by atoms with Crippen molar-refractivity contribution < 1.29 is 9.47 Å². The van der Waals surface area contributed by atoms with Crippen LogP contribution in [0.3, 0.4) is 0 Å². The van der Waals surface area contributed by atoms with Gasteiger partial charge < -0.3 is 9.47 Å². The molecule has 1 atom stereocenters. The summed E-state index contributed by atoms with van der Waals surface area (Å²) in [6.07, 6.45) is 5.40. The minimum absolute atomic E-state index is 0.337. The first-order valence-corrected chi connectivity index (χ1v) is 6.22. The normalized spacial score (nSPS) is 18.4. The molecule has 1 unspecified atom stereocenters. The Morgan fingerprint density at radius 3 is 2.62 bits per heavy atom. The lowest BCUT2D eigenvalue weighted by atomic mass is 10.1. The molecular formula is C14H20O2. The molecule has 1 fully saturated rings. The van der Waals surface area contributed by atoms with Crippen molar-refractivity contribution in [2.75, 3.05) is 13.2 Å². The number of epoxide rings is 1. The van der Waals surface area contributed by atoms with Gasteiger partial charge in [-0.05, 0) is 30.5 Å². The van der Waals surface area contributed by atoms with Crippen LogP contribution in [-0.4, -0.2) is 19.3 Å². The summed E-state index contributed by atoms with van der Waals surface area (Å²) in [5.41, 5.74) is 1.41. The molecule has 1 aliphatic rings. The highest BCUT2D eigenvalue weighted by molar-refractivity contribution is 5.27. The van der Waals surface area contributed by atoms with Crippen molar-refractivity contribution >= 4 is 0 Å². The molecule has 0 spiro atoms. The fourth-order valence-corrected chi connectivity index (χ4v) is 1.68. The molecule has 2 nitrogen and oxygen atoms in total. The average Bonchev–Trinajstić information content (AvgIpc) is 3.12. The smallest absolute Gasteiger partial charge is 0.119 e. The first kappa shape index (κ1) is 11.5. The second-order valence-electron chi connectivity index (χ2n) is 4.37. The Kier molecular flexibility index (Phi) is 4.23. The van der Waals surface area contributed by atoms with Crippen LogP contribution in [0, 0.1) is 0 Å². The lowest BCUT2D eigenvalue weighted by molar-refractivity contribution is 0.263. The van der Waals surface area contributed by atoms with Crippen LogP contribution < -0.4 is 4.74 Å². The standard InChI is InChI=1S/C14H20O2/c1-2-3-4-5-12-6-8-13(9-7-12)15-10-14-11-16-14/h6-9,14H,2-5,10-11H2,1H3. The second kappa shape index (κ2) is 5.90. The van der Waals surface area contributed by atoms with Crippen molar-refractivity contribution in [2.45, 2.75) is 38.7 Å². The van der Waals surface area contributed by atoms with Crippen LogP contribution in [0.4, 0.5) is 0 Å². The van der Waals surface area contributed by atoms with Gasteiger partial charge in [-0.1, -0.05) is 31.9 Å². The van der Waals surface area contributed by atoms with Gasteiger partial charge in [0, 0.05) is 0 Å². The van der Waals surface area contributed by atoms with Gasteiger partial charge >= 0.3 is 0 Å². The zero-order chi connectivity index (χ0) is 11.2. The van der Waals surface area contributed by atoms with E-state index in [-0.39, 0.29) is 0 Å². The minimum Gasteiger partial charge on any atom is -0.491 e. The van der Waals surface area contributed by atoms with Crippen molar-refractivity contribution in [3.63, 3.8) is 0 Å². The Hall–Kier alpha value is -1.02. The van der Waals surface area contributed by atoms with Gasteiger partial charge in [0.1, 0.15) is 18.5 Å². The topological polar surface area (TPSA) is 21.8 Å². The average molecular weight is 220 g/mol. The second-order valence-corrected chi connectivity index (χ2v) is 4.37. The van der Waals surface area contributed by atoms with Gasteiger partial charge in [0.25, 0.3) is 0 Å². The first-order chi connectivity index (χ1) is 7.88. The van der Waals surface area contributed by atoms with E-state index in [9.17, 15) is 0 Å². The number of benzene rings is 1. The van der Waals surface area contributed by atoms with Gasteiger partial charge in [-0.25, -0.2) is 0 Å². The van der Waals surface area contributed by atoms with E-state index in [0.717, 1.165) is 12.4 Å². The molecule has 16 heavy (non-hydrogen) atoms. The van der Waals surface area contributed by atoms with Gasteiger partial charge in [0.15, 0.2) is 0 Å².